The highest BCUT2D eigenvalue weighted by Gasteiger charge is 2.20. The molecule has 0 amide bonds. The third-order valence-electron chi connectivity index (χ3n) is 14.1. The smallest absolute Gasteiger partial charge is 0.138 e. The zero-order valence-electron chi connectivity index (χ0n) is 35.8. The Morgan fingerprint density at radius 3 is 1.27 bits per heavy atom. The van der Waals surface area contributed by atoms with E-state index in [1.165, 1.54) is 96.7 Å². The van der Waals surface area contributed by atoms with Gasteiger partial charge in [-0.2, -0.15) is 0 Å². The fourth-order valence-corrected chi connectivity index (χ4v) is 12.2. The summed E-state index contributed by atoms with van der Waals surface area (Å²) in [5.74, 6) is 0. The lowest BCUT2D eigenvalue weighted by molar-refractivity contribution is 0.666. The number of para-hydroxylation sites is 5. The van der Waals surface area contributed by atoms with Gasteiger partial charge in [-0.05, 0) is 127 Å². The van der Waals surface area contributed by atoms with Crippen LogP contribution in [0.25, 0.3) is 136 Å². The summed E-state index contributed by atoms with van der Waals surface area (Å²) in [6.45, 7) is 2.11. The van der Waals surface area contributed by atoms with E-state index in [1.54, 1.807) is 0 Å². The van der Waals surface area contributed by atoms with Crippen molar-refractivity contribution in [3.8, 4) is 28.2 Å². The molecule has 5 heteroatoms. The number of aromatic nitrogens is 3. The minimum atomic E-state index is 0.922. The first-order valence-corrected chi connectivity index (χ1v) is 23.4. The Balaban J connectivity index is 0.960. The van der Waals surface area contributed by atoms with Crippen molar-refractivity contribution in [2.75, 3.05) is 0 Å². The first-order chi connectivity index (χ1) is 32.6. The van der Waals surface area contributed by atoms with Crippen LogP contribution < -0.4 is 0 Å². The standard InChI is InChI=1S/C61H37N3OS/c1-36-11-10-16-46-49-31-37(21-28-58(49)65-61(36)46)38-22-29-59-50(32-38)51-35-41(25-30-60(51)66-59)64-56-26-23-39(62-52-17-6-2-12-42(52)43-13-3-7-18-53(43)62)33-47(56)48-34-40(24-27-57(48)64)63-54-19-8-4-14-44(54)45-15-5-9-20-55(45)63/h2-35H,1H3. The number of fused-ring (bicyclic) bond motifs is 15. The number of aryl methyl sites for hydroxylation is 1. The quantitative estimate of drug-likeness (QED) is 0.173. The fourth-order valence-electron chi connectivity index (χ4n) is 11.2. The van der Waals surface area contributed by atoms with E-state index in [0.29, 0.717) is 0 Å². The largest absolute Gasteiger partial charge is 0.456 e. The molecule has 0 radical (unpaired) electrons. The van der Waals surface area contributed by atoms with Crippen molar-refractivity contribution >= 4 is 119 Å². The van der Waals surface area contributed by atoms with Crippen LogP contribution in [0.2, 0.25) is 0 Å². The topological polar surface area (TPSA) is 27.9 Å². The van der Waals surface area contributed by atoms with E-state index in [2.05, 4.69) is 227 Å². The normalized spacial score (nSPS) is 12.3. The molecule has 0 atom stereocenters. The Kier molecular flexibility index (Phi) is 7.27. The number of nitrogens with zero attached hydrogens (tertiary/aromatic N) is 3. The number of rotatable bonds is 4. The Labute approximate surface area is 382 Å². The fraction of sp³-hybridized carbons (Fsp3) is 0.0164. The second kappa shape index (κ2) is 13.3. The Morgan fingerprint density at radius 1 is 0.318 bits per heavy atom. The van der Waals surface area contributed by atoms with Crippen LogP contribution in [0.5, 0.6) is 0 Å². The molecule has 4 nitrogen and oxygen atoms in total. The predicted molar refractivity (Wildman–Crippen MR) is 280 cm³/mol. The van der Waals surface area contributed by atoms with Gasteiger partial charge in [-0.3, -0.25) is 0 Å². The number of hydrogen-bond donors (Lipinski definition) is 0. The molecule has 0 aliphatic heterocycles. The second-order valence-corrected chi connectivity index (χ2v) is 18.8. The molecule has 10 aromatic carbocycles. The van der Waals surface area contributed by atoms with Crippen molar-refractivity contribution in [2.45, 2.75) is 6.92 Å². The number of thiophene rings is 1. The first-order valence-electron chi connectivity index (χ1n) is 22.6. The van der Waals surface area contributed by atoms with Gasteiger partial charge < -0.3 is 18.1 Å². The van der Waals surface area contributed by atoms with E-state index in [-0.39, 0.29) is 0 Å². The highest BCUT2D eigenvalue weighted by Crippen LogP contribution is 2.43. The lowest BCUT2D eigenvalue weighted by Crippen LogP contribution is -1.96. The van der Waals surface area contributed by atoms with Crippen LogP contribution >= 0.6 is 11.3 Å². The molecule has 0 aliphatic carbocycles. The van der Waals surface area contributed by atoms with Crippen molar-refractivity contribution in [2.24, 2.45) is 0 Å². The Hall–Kier alpha value is -8.38. The predicted octanol–water partition coefficient (Wildman–Crippen LogP) is 17.2. The minimum absolute atomic E-state index is 0.922. The van der Waals surface area contributed by atoms with Gasteiger partial charge in [0.1, 0.15) is 11.2 Å². The van der Waals surface area contributed by atoms with Gasteiger partial charge in [0.15, 0.2) is 0 Å². The van der Waals surface area contributed by atoms with Crippen molar-refractivity contribution in [3.05, 3.63) is 212 Å². The summed E-state index contributed by atoms with van der Waals surface area (Å²) >= 11 is 1.86. The lowest BCUT2D eigenvalue weighted by atomic mass is 10.0. The third kappa shape index (κ3) is 4.98. The third-order valence-corrected chi connectivity index (χ3v) is 15.3. The maximum Gasteiger partial charge on any atom is 0.138 e. The maximum absolute atomic E-state index is 6.31. The molecule has 0 aliphatic rings. The molecule has 5 heterocycles. The summed E-state index contributed by atoms with van der Waals surface area (Å²) in [4.78, 5) is 0. The molecule has 15 aromatic rings. The zero-order valence-corrected chi connectivity index (χ0v) is 36.6. The molecular weight excluding hydrogens is 823 g/mol. The number of benzene rings is 10. The second-order valence-electron chi connectivity index (χ2n) is 17.7. The van der Waals surface area contributed by atoms with Crippen molar-refractivity contribution < 1.29 is 4.42 Å². The maximum atomic E-state index is 6.31. The summed E-state index contributed by atoms with van der Waals surface area (Å²) in [6, 6.07) is 76.2. The SMILES string of the molecule is Cc1cccc2c1oc1ccc(-c3ccc4sc5ccc(-n6c7ccc(-n8c9ccccc9c9ccccc98)cc7c7cc(-n8c9ccccc9c9ccccc98)ccc76)cc5c4c3)cc12. The summed E-state index contributed by atoms with van der Waals surface area (Å²) in [5.41, 5.74) is 16.0. The monoisotopic (exact) mass is 859 g/mol. The average Bonchev–Trinajstić information content (AvgIpc) is 4.17. The molecule has 0 saturated heterocycles. The molecule has 0 N–H and O–H groups in total. The molecular formula is C61H37N3OS. The number of hydrogen-bond acceptors (Lipinski definition) is 2. The molecule has 0 saturated carbocycles. The Morgan fingerprint density at radius 2 is 0.727 bits per heavy atom. The Bertz CT molecular complexity index is 4270. The molecule has 0 spiro atoms. The van der Waals surface area contributed by atoms with Crippen LogP contribution in [0.1, 0.15) is 5.56 Å². The zero-order chi connectivity index (χ0) is 43.2. The minimum Gasteiger partial charge on any atom is -0.456 e. The van der Waals surface area contributed by atoms with E-state index >= 15 is 0 Å². The van der Waals surface area contributed by atoms with Crippen LogP contribution in [-0.4, -0.2) is 13.7 Å². The van der Waals surface area contributed by atoms with E-state index in [9.17, 15) is 0 Å². The van der Waals surface area contributed by atoms with Gasteiger partial charge in [-0.25, -0.2) is 0 Å². The molecule has 308 valence electrons. The summed E-state index contributed by atoms with van der Waals surface area (Å²) < 4.78 is 16.2. The summed E-state index contributed by atoms with van der Waals surface area (Å²) in [7, 11) is 0. The van der Waals surface area contributed by atoms with Gasteiger partial charge in [-0.15, -0.1) is 11.3 Å². The van der Waals surface area contributed by atoms with Crippen LogP contribution in [-0.2, 0) is 0 Å². The van der Waals surface area contributed by atoms with Gasteiger partial charge >= 0.3 is 0 Å². The highest BCUT2D eigenvalue weighted by molar-refractivity contribution is 7.25. The summed E-state index contributed by atoms with van der Waals surface area (Å²) in [5, 5.41) is 12.3. The van der Waals surface area contributed by atoms with Crippen LogP contribution in [0.4, 0.5) is 0 Å². The number of furan rings is 1. The van der Waals surface area contributed by atoms with E-state index in [1.807, 2.05) is 11.3 Å². The molecule has 5 aromatic heterocycles. The van der Waals surface area contributed by atoms with Crippen molar-refractivity contribution in [1.29, 1.82) is 0 Å². The van der Waals surface area contributed by atoms with Gasteiger partial charge in [0.25, 0.3) is 0 Å². The van der Waals surface area contributed by atoms with Gasteiger partial charge in [0.2, 0.25) is 0 Å². The van der Waals surface area contributed by atoms with E-state index < -0.39 is 0 Å². The average molecular weight is 860 g/mol. The van der Waals surface area contributed by atoms with Gasteiger partial charge in [0, 0.05) is 80.3 Å². The van der Waals surface area contributed by atoms with E-state index in [0.717, 1.165) is 44.6 Å². The van der Waals surface area contributed by atoms with Gasteiger partial charge in [0.05, 0.1) is 33.1 Å². The van der Waals surface area contributed by atoms with Crippen LogP contribution in [0.15, 0.2) is 211 Å². The first kappa shape index (κ1) is 36.0. The van der Waals surface area contributed by atoms with Crippen molar-refractivity contribution in [3.63, 3.8) is 0 Å². The molecule has 0 unspecified atom stereocenters. The highest BCUT2D eigenvalue weighted by atomic mass is 32.1. The molecule has 0 fully saturated rings. The van der Waals surface area contributed by atoms with Gasteiger partial charge in [-0.1, -0.05) is 103 Å². The summed E-state index contributed by atoms with van der Waals surface area (Å²) in [6.07, 6.45) is 0. The molecule has 66 heavy (non-hydrogen) atoms. The lowest BCUT2D eigenvalue weighted by Gasteiger charge is -2.11. The molecule has 15 rings (SSSR count). The van der Waals surface area contributed by atoms with Crippen molar-refractivity contribution in [1.82, 2.24) is 13.7 Å². The van der Waals surface area contributed by atoms with E-state index in [4.69, 9.17) is 4.42 Å². The van der Waals surface area contributed by atoms with Crippen LogP contribution in [0, 0.1) is 6.92 Å². The van der Waals surface area contributed by atoms with Crippen LogP contribution in [0.3, 0.4) is 0 Å². The molecule has 0 bridgehead atoms.